The lowest BCUT2D eigenvalue weighted by molar-refractivity contribution is 0.431. The number of rotatable bonds is 3. The number of nitrogen functional groups attached to an aromatic ring is 1. The van der Waals surface area contributed by atoms with E-state index in [1.54, 1.807) is 0 Å². The van der Waals surface area contributed by atoms with E-state index in [0.29, 0.717) is 6.04 Å². The molecule has 0 aromatic heterocycles. The Morgan fingerprint density at radius 1 is 1.20 bits per heavy atom. The van der Waals surface area contributed by atoms with E-state index in [1.807, 2.05) is 0 Å². The Labute approximate surface area is 121 Å². The lowest BCUT2D eigenvalue weighted by Gasteiger charge is -2.32. The second kappa shape index (κ2) is 5.47. The van der Waals surface area contributed by atoms with Crippen molar-refractivity contribution in [2.24, 2.45) is 11.7 Å². The summed E-state index contributed by atoms with van der Waals surface area (Å²) in [5.41, 5.74) is 9.07. The Morgan fingerprint density at radius 3 is 2.65 bits per heavy atom. The fourth-order valence-electron chi connectivity index (χ4n) is 4.04. The van der Waals surface area contributed by atoms with Gasteiger partial charge in [0.25, 0.3) is 0 Å². The van der Waals surface area contributed by atoms with Gasteiger partial charge in [-0.15, -0.1) is 0 Å². The standard InChI is InChI=1S/C17H25N3/c1-12-8-9-16(14(11-12)17(18)19)20-10-4-7-15(20)13-5-2-3-6-13/h8-9,11,13,15H,2-7,10H2,1H3,(H3,18,19). The van der Waals surface area contributed by atoms with Crippen molar-refractivity contribution in [2.45, 2.75) is 51.5 Å². The SMILES string of the molecule is Cc1ccc(N2CCCC2C2CCCC2)c(C(=N)N)c1. The normalized spacial score (nSPS) is 23.4. The fourth-order valence-corrected chi connectivity index (χ4v) is 4.04. The third-order valence-electron chi connectivity index (χ3n) is 4.99. The number of nitrogens with one attached hydrogen (secondary N) is 1. The van der Waals surface area contributed by atoms with Crippen molar-refractivity contribution in [1.82, 2.24) is 0 Å². The summed E-state index contributed by atoms with van der Waals surface area (Å²) in [5.74, 6) is 1.04. The van der Waals surface area contributed by atoms with Crippen molar-refractivity contribution in [3.05, 3.63) is 29.3 Å². The number of amidine groups is 1. The van der Waals surface area contributed by atoms with Crippen LogP contribution in [-0.4, -0.2) is 18.4 Å². The minimum atomic E-state index is 0.195. The van der Waals surface area contributed by atoms with Gasteiger partial charge in [0.1, 0.15) is 5.84 Å². The predicted molar refractivity (Wildman–Crippen MR) is 84.5 cm³/mol. The summed E-state index contributed by atoms with van der Waals surface area (Å²) in [4.78, 5) is 2.53. The first-order valence-electron chi connectivity index (χ1n) is 7.88. The summed E-state index contributed by atoms with van der Waals surface area (Å²) in [6.07, 6.45) is 8.11. The molecule has 1 aromatic carbocycles. The summed E-state index contributed by atoms with van der Waals surface area (Å²) in [6.45, 7) is 3.18. The van der Waals surface area contributed by atoms with Gasteiger partial charge in [0, 0.05) is 23.8 Å². The summed E-state index contributed by atoms with van der Waals surface area (Å²) in [6, 6.07) is 7.03. The second-order valence-corrected chi connectivity index (χ2v) is 6.38. The average molecular weight is 271 g/mol. The minimum Gasteiger partial charge on any atom is -0.384 e. The second-order valence-electron chi connectivity index (χ2n) is 6.38. The molecule has 108 valence electrons. The molecule has 1 aromatic rings. The highest BCUT2D eigenvalue weighted by Crippen LogP contribution is 2.38. The molecule has 20 heavy (non-hydrogen) atoms. The van der Waals surface area contributed by atoms with Crippen LogP contribution in [0.25, 0.3) is 0 Å². The van der Waals surface area contributed by atoms with Gasteiger partial charge >= 0.3 is 0 Å². The highest BCUT2D eigenvalue weighted by Gasteiger charge is 2.34. The first-order chi connectivity index (χ1) is 9.66. The van der Waals surface area contributed by atoms with Crippen molar-refractivity contribution < 1.29 is 0 Å². The molecule has 3 nitrogen and oxygen atoms in total. The number of hydrogen-bond donors (Lipinski definition) is 2. The van der Waals surface area contributed by atoms with Gasteiger partial charge in [-0.1, -0.05) is 24.5 Å². The zero-order valence-corrected chi connectivity index (χ0v) is 12.4. The van der Waals surface area contributed by atoms with Gasteiger partial charge in [-0.3, -0.25) is 5.41 Å². The predicted octanol–water partition coefficient (Wildman–Crippen LogP) is 3.44. The molecule has 0 amide bonds. The number of anilines is 1. The van der Waals surface area contributed by atoms with Crippen LogP contribution in [0.4, 0.5) is 5.69 Å². The number of hydrogen-bond acceptors (Lipinski definition) is 2. The molecule has 1 aliphatic heterocycles. The Bertz CT molecular complexity index is 503. The van der Waals surface area contributed by atoms with E-state index in [-0.39, 0.29) is 5.84 Å². The Kier molecular flexibility index (Phi) is 3.68. The quantitative estimate of drug-likeness (QED) is 0.653. The molecule has 2 fully saturated rings. The van der Waals surface area contributed by atoms with Gasteiger partial charge < -0.3 is 10.6 Å². The van der Waals surface area contributed by atoms with E-state index in [4.69, 9.17) is 11.1 Å². The molecule has 1 heterocycles. The summed E-state index contributed by atoms with van der Waals surface area (Å²) in [7, 11) is 0. The van der Waals surface area contributed by atoms with Crippen LogP contribution in [0.2, 0.25) is 0 Å². The molecule has 0 bridgehead atoms. The molecule has 1 atom stereocenters. The molecule has 1 aliphatic carbocycles. The Hall–Kier alpha value is -1.51. The van der Waals surface area contributed by atoms with Gasteiger partial charge in [0.15, 0.2) is 0 Å². The number of aryl methyl sites for hydroxylation is 1. The zero-order chi connectivity index (χ0) is 14.1. The number of nitrogens with two attached hydrogens (primary N) is 1. The third kappa shape index (κ3) is 2.41. The first kappa shape index (κ1) is 13.5. The van der Waals surface area contributed by atoms with Crippen molar-refractivity contribution in [1.29, 1.82) is 5.41 Å². The van der Waals surface area contributed by atoms with Crippen molar-refractivity contribution in [3.63, 3.8) is 0 Å². The molecule has 3 rings (SSSR count). The molecular weight excluding hydrogens is 246 g/mol. The molecule has 3 N–H and O–H groups in total. The zero-order valence-electron chi connectivity index (χ0n) is 12.4. The highest BCUT2D eigenvalue weighted by atomic mass is 15.2. The van der Waals surface area contributed by atoms with Crippen LogP contribution in [0.5, 0.6) is 0 Å². The smallest absolute Gasteiger partial charge is 0.124 e. The molecule has 1 unspecified atom stereocenters. The summed E-state index contributed by atoms with van der Waals surface area (Å²) in [5, 5.41) is 7.86. The van der Waals surface area contributed by atoms with Crippen LogP contribution in [-0.2, 0) is 0 Å². The maximum Gasteiger partial charge on any atom is 0.124 e. The molecule has 0 radical (unpaired) electrons. The van der Waals surface area contributed by atoms with Crippen LogP contribution < -0.4 is 10.6 Å². The van der Waals surface area contributed by atoms with Gasteiger partial charge in [-0.2, -0.15) is 0 Å². The van der Waals surface area contributed by atoms with Crippen molar-refractivity contribution >= 4 is 11.5 Å². The van der Waals surface area contributed by atoms with Crippen molar-refractivity contribution in [2.75, 3.05) is 11.4 Å². The van der Waals surface area contributed by atoms with E-state index in [0.717, 1.165) is 18.0 Å². The molecule has 2 aliphatic rings. The van der Waals surface area contributed by atoms with Gasteiger partial charge in [-0.25, -0.2) is 0 Å². The van der Waals surface area contributed by atoms with E-state index in [9.17, 15) is 0 Å². The fraction of sp³-hybridized carbons (Fsp3) is 0.588. The molecule has 1 saturated carbocycles. The van der Waals surface area contributed by atoms with Gasteiger partial charge in [-0.05, 0) is 50.7 Å². The monoisotopic (exact) mass is 271 g/mol. The Morgan fingerprint density at radius 2 is 1.95 bits per heavy atom. The first-order valence-corrected chi connectivity index (χ1v) is 7.88. The summed E-state index contributed by atoms with van der Waals surface area (Å²) < 4.78 is 0. The summed E-state index contributed by atoms with van der Waals surface area (Å²) >= 11 is 0. The number of benzene rings is 1. The van der Waals surface area contributed by atoms with E-state index in [2.05, 4.69) is 30.0 Å². The lowest BCUT2D eigenvalue weighted by Crippen LogP contribution is -2.36. The topological polar surface area (TPSA) is 53.1 Å². The molecule has 0 spiro atoms. The lowest BCUT2D eigenvalue weighted by atomic mass is 9.95. The molecular formula is C17H25N3. The van der Waals surface area contributed by atoms with E-state index in [1.165, 1.54) is 49.8 Å². The van der Waals surface area contributed by atoms with Crippen LogP contribution >= 0.6 is 0 Å². The maximum atomic E-state index is 7.86. The average Bonchev–Trinajstić information content (AvgIpc) is 3.09. The van der Waals surface area contributed by atoms with E-state index >= 15 is 0 Å². The number of nitrogens with zero attached hydrogens (tertiary/aromatic N) is 1. The van der Waals surface area contributed by atoms with E-state index < -0.39 is 0 Å². The highest BCUT2D eigenvalue weighted by molar-refractivity contribution is 6.00. The van der Waals surface area contributed by atoms with Crippen LogP contribution in [0, 0.1) is 18.3 Å². The Balaban J connectivity index is 1.92. The maximum absolute atomic E-state index is 7.86. The van der Waals surface area contributed by atoms with Crippen LogP contribution in [0.1, 0.15) is 49.7 Å². The van der Waals surface area contributed by atoms with Crippen LogP contribution in [0.15, 0.2) is 18.2 Å². The largest absolute Gasteiger partial charge is 0.384 e. The third-order valence-corrected chi connectivity index (χ3v) is 4.99. The van der Waals surface area contributed by atoms with Gasteiger partial charge in [0.2, 0.25) is 0 Å². The molecule has 1 saturated heterocycles. The minimum absolute atomic E-state index is 0.195. The van der Waals surface area contributed by atoms with Crippen molar-refractivity contribution in [3.8, 4) is 0 Å². The molecule has 3 heteroatoms. The van der Waals surface area contributed by atoms with Crippen LogP contribution in [0.3, 0.4) is 0 Å². The van der Waals surface area contributed by atoms with Gasteiger partial charge in [0.05, 0.1) is 0 Å².